The maximum Gasteiger partial charge on any atom is 0.416 e. The van der Waals surface area contributed by atoms with E-state index in [0.717, 1.165) is 57.3 Å². The molecule has 1 saturated heterocycles. The molecule has 2 heterocycles. The molecule has 12 heteroatoms. The van der Waals surface area contributed by atoms with Crippen molar-refractivity contribution in [2.24, 2.45) is 5.92 Å². The van der Waals surface area contributed by atoms with Crippen LogP contribution in [0, 0.1) is 5.92 Å². The van der Waals surface area contributed by atoms with Crippen molar-refractivity contribution in [3.05, 3.63) is 30.1 Å². The fraction of sp³-hybridized carbons (Fsp3) is 0.615. The number of amides is 3. The van der Waals surface area contributed by atoms with E-state index < -0.39 is 11.7 Å². The summed E-state index contributed by atoms with van der Waals surface area (Å²) >= 11 is 0. The lowest BCUT2D eigenvalue weighted by Gasteiger charge is -2.47. The normalized spacial score (nSPS) is 21.4. The second kappa shape index (κ2) is 11.7. The van der Waals surface area contributed by atoms with Crippen molar-refractivity contribution in [2.75, 3.05) is 39.0 Å². The number of hydrogen-bond acceptors (Lipinski definition) is 6. The van der Waals surface area contributed by atoms with Gasteiger partial charge in [0.2, 0.25) is 5.91 Å². The van der Waals surface area contributed by atoms with Crippen LogP contribution >= 0.6 is 0 Å². The molecular formula is C26H36F3N7O2. The molecule has 2 aromatic rings. The average Bonchev–Trinajstić information content (AvgIpc) is 2.87. The van der Waals surface area contributed by atoms with Crippen LogP contribution in [0.4, 0.5) is 23.8 Å². The van der Waals surface area contributed by atoms with E-state index in [0.29, 0.717) is 17.5 Å². The first-order chi connectivity index (χ1) is 18.0. The van der Waals surface area contributed by atoms with Crippen LogP contribution in [-0.2, 0) is 11.0 Å². The van der Waals surface area contributed by atoms with Gasteiger partial charge in [-0.15, -0.1) is 0 Å². The maximum absolute atomic E-state index is 13.1. The number of alkyl halides is 3. The lowest BCUT2D eigenvalue weighted by Crippen LogP contribution is -2.63. The third-order valence-electron chi connectivity index (χ3n) is 7.64. The molecule has 3 N–H and O–H groups in total. The molecule has 208 valence electrons. The number of urea groups is 1. The number of nitrogens with zero attached hydrogens (tertiary/aromatic N) is 4. The van der Waals surface area contributed by atoms with Crippen LogP contribution in [0.15, 0.2) is 24.5 Å². The lowest BCUT2D eigenvalue weighted by molar-refractivity contribution is -0.137. The Kier molecular flexibility index (Phi) is 8.59. The fourth-order valence-electron chi connectivity index (χ4n) is 5.43. The molecule has 0 unspecified atom stereocenters. The number of carbonyl (C=O) groups is 2. The van der Waals surface area contributed by atoms with Crippen molar-refractivity contribution in [3.8, 4) is 0 Å². The molecular weight excluding hydrogens is 499 g/mol. The molecule has 38 heavy (non-hydrogen) atoms. The van der Waals surface area contributed by atoms with Gasteiger partial charge in [0.25, 0.3) is 0 Å². The van der Waals surface area contributed by atoms with Crippen LogP contribution in [0.3, 0.4) is 0 Å². The zero-order valence-corrected chi connectivity index (χ0v) is 22.0. The van der Waals surface area contributed by atoms with Gasteiger partial charge in [0, 0.05) is 44.7 Å². The summed E-state index contributed by atoms with van der Waals surface area (Å²) in [5.74, 6) is 0.433. The summed E-state index contributed by atoms with van der Waals surface area (Å²) in [5.41, 5.74) is -0.426. The second-order valence-corrected chi connectivity index (χ2v) is 10.5. The van der Waals surface area contributed by atoms with Crippen LogP contribution in [0.1, 0.15) is 44.6 Å². The summed E-state index contributed by atoms with van der Waals surface area (Å²) < 4.78 is 39.3. The van der Waals surface area contributed by atoms with E-state index in [1.807, 2.05) is 0 Å². The van der Waals surface area contributed by atoms with Gasteiger partial charge in [0.15, 0.2) is 0 Å². The van der Waals surface area contributed by atoms with E-state index in [1.165, 1.54) is 12.4 Å². The molecule has 1 atom stereocenters. The Balaban J connectivity index is 1.21. The van der Waals surface area contributed by atoms with Gasteiger partial charge in [0.05, 0.1) is 23.7 Å². The summed E-state index contributed by atoms with van der Waals surface area (Å²) in [6, 6.07) is 3.93. The van der Waals surface area contributed by atoms with Gasteiger partial charge in [-0.25, -0.2) is 14.8 Å². The highest BCUT2D eigenvalue weighted by Crippen LogP contribution is 2.34. The third-order valence-corrected chi connectivity index (χ3v) is 7.64. The molecule has 1 aromatic heterocycles. The molecule has 9 nitrogen and oxygen atoms in total. The Labute approximate surface area is 220 Å². The lowest BCUT2D eigenvalue weighted by atomic mass is 9.79. The largest absolute Gasteiger partial charge is 0.416 e. The van der Waals surface area contributed by atoms with Crippen molar-refractivity contribution in [1.82, 2.24) is 30.4 Å². The highest BCUT2D eigenvalue weighted by molar-refractivity contribution is 5.91. The van der Waals surface area contributed by atoms with Gasteiger partial charge in [-0.3, -0.25) is 9.69 Å². The van der Waals surface area contributed by atoms with Crippen molar-refractivity contribution in [2.45, 2.75) is 63.3 Å². The van der Waals surface area contributed by atoms with Crippen molar-refractivity contribution >= 4 is 28.7 Å². The molecule has 1 saturated carbocycles. The molecule has 0 spiro atoms. The van der Waals surface area contributed by atoms with E-state index in [9.17, 15) is 22.8 Å². The summed E-state index contributed by atoms with van der Waals surface area (Å²) in [5, 5.41) is 9.20. The number of anilines is 1. The first-order valence-electron chi connectivity index (χ1n) is 13.1. The molecule has 1 aliphatic heterocycles. The van der Waals surface area contributed by atoms with E-state index in [2.05, 4.69) is 37.7 Å². The molecule has 4 rings (SSSR count). The Hall–Kier alpha value is -3.15. The third kappa shape index (κ3) is 6.64. The van der Waals surface area contributed by atoms with Gasteiger partial charge >= 0.3 is 12.2 Å². The first kappa shape index (κ1) is 27.9. The molecule has 0 radical (unpaired) electrons. The van der Waals surface area contributed by atoms with E-state index >= 15 is 0 Å². The first-order valence-corrected chi connectivity index (χ1v) is 13.1. The highest BCUT2D eigenvalue weighted by atomic mass is 19.4. The zero-order valence-electron chi connectivity index (χ0n) is 22.0. The molecule has 2 fully saturated rings. The number of nitrogens with one attached hydrogen (secondary N) is 3. The van der Waals surface area contributed by atoms with Crippen LogP contribution < -0.4 is 16.0 Å². The van der Waals surface area contributed by atoms with Gasteiger partial charge in [-0.1, -0.05) is 6.92 Å². The molecule has 1 aromatic carbocycles. The van der Waals surface area contributed by atoms with Crippen LogP contribution in [0.25, 0.3) is 10.9 Å². The Morgan fingerprint density at radius 2 is 1.84 bits per heavy atom. The summed E-state index contributed by atoms with van der Waals surface area (Å²) in [6.45, 7) is 3.57. The average molecular weight is 536 g/mol. The predicted molar refractivity (Wildman–Crippen MR) is 139 cm³/mol. The monoisotopic (exact) mass is 535 g/mol. The van der Waals surface area contributed by atoms with Crippen LogP contribution in [0.2, 0.25) is 0 Å². The Bertz CT molecular complexity index is 1130. The number of hydrogen-bond donors (Lipinski definition) is 3. The Morgan fingerprint density at radius 3 is 2.47 bits per heavy atom. The van der Waals surface area contributed by atoms with Crippen LogP contribution in [-0.4, -0.2) is 83.6 Å². The quantitative estimate of drug-likeness (QED) is 0.479. The van der Waals surface area contributed by atoms with Gasteiger partial charge in [-0.2, -0.15) is 13.2 Å². The standard InChI is InChI=1S/C26H36F3N7O2/c1-4-21(34-25(38)35(2)3)16-5-8-19(9-6-16)36-13-18(14-36)33-23(37)12-30-24-20-11-17(26(27,28)29)7-10-22(20)31-15-32-24/h7,10-11,15-16,18-19,21H,4-6,8-9,12-14H2,1-3H3,(H,33,37)(H,34,38)(H,30,31,32)/t16-,19-,21-/m0/s1. The minimum Gasteiger partial charge on any atom is -0.360 e. The smallest absolute Gasteiger partial charge is 0.360 e. The minimum atomic E-state index is -4.48. The van der Waals surface area contributed by atoms with E-state index in [1.54, 1.807) is 19.0 Å². The van der Waals surface area contributed by atoms with Gasteiger partial charge < -0.3 is 20.9 Å². The van der Waals surface area contributed by atoms with E-state index in [4.69, 9.17) is 0 Å². The topological polar surface area (TPSA) is 102 Å². The summed E-state index contributed by atoms with van der Waals surface area (Å²) in [7, 11) is 3.50. The van der Waals surface area contributed by atoms with Crippen molar-refractivity contribution < 1.29 is 22.8 Å². The fourth-order valence-corrected chi connectivity index (χ4v) is 5.43. The van der Waals surface area contributed by atoms with E-state index in [-0.39, 0.29) is 41.8 Å². The number of aromatic nitrogens is 2. The highest BCUT2D eigenvalue weighted by Gasteiger charge is 2.37. The Morgan fingerprint density at radius 1 is 1.13 bits per heavy atom. The number of likely N-dealkylation sites (tertiary alicyclic amines) is 1. The zero-order chi connectivity index (χ0) is 27.4. The molecule has 2 aliphatic rings. The number of carbonyl (C=O) groups excluding carboxylic acids is 2. The number of benzene rings is 1. The molecule has 0 bridgehead atoms. The summed E-state index contributed by atoms with van der Waals surface area (Å²) in [4.78, 5) is 36.6. The molecule has 3 amide bonds. The van der Waals surface area contributed by atoms with Crippen molar-refractivity contribution in [3.63, 3.8) is 0 Å². The number of fused-ring (bicyclic) bond motifs is 1. The predicted octanol–water partition coefficient (Wildman–Crippen LogP) is 3.47. The van der Waals surface area contributed by atoms with Gasteiger partial charge in [-0.05, 0) is 56.2 Å². The minimum absolute atomic E-state index is 0.0452. The number of halogens is 3. The number of rotatable bonds is 8. The SMILES string of the molecule is CC[C@H](NC(=O)N(C)C)[C@H]1CC[C@H](N2CC(NC(=O)CNc3ncnc4ccc(C(F)(F)F)cc34)C2)CC1. The van der Waals surface area contributed by atoms with Gasteiger partial charge in [0.1, 0.15) is 12.1 Å². The molecule has 1 aliphatic carbocycles. The second-order valence-electron chi connectivity index (χ2n) is 10.5. The van der Waals surface area contributed by atoms with Crippen LogP contribution in [0.5, 0.6) is 0 Å². The summed E-state index contributed by atoms with van der Waals surface area (Å²) in [6.07, 6.45) is 1.97. The van der Waals surface area contributed by atoms with Crippen molar-refractivity contribution in [1.29, 1.82) is 0 Å². The maximum atomic E-state index is 13.1.